The van der Waals surface area contributed by atoms with Crippen molar-refractivity contribution in [2.45, 2.75) is 13.5 Å². The van der Waals surface area contributed by atoms with Crippen molar-refractivity contribution in [2.24, 2.45) is 0 Å². The molecule has 1 fully saturated rings. The Hall–Kier alpha value is -3.32. The summed E-state index contributed by atoms with van der Waals surface area (Å²) in [7, 11) is 0. The van der Waals surface area contributed by atoms with E-state index < -0.39 is 0 Å². The van der Waals surface area contributed by atoms with Crippen LogP contribution >= 0.6 is 11.6 Å². The maximum Gasteiger partial charge on any atom is 0.338 e. The third kappa shape index (κ3) is 5.57. The Morgan fingerprint density at radius 3 is 2.33 bits per heavy atom. The summed E-state index contributed by atoms with van der Waals surface area (Å²) >= 11 is 5.97. The lowest BCUT2D eigenvalue weighted by atomic mass is 10.0. The molecule has 3 aromatic carbocycles. The number of ether oxygens (including phenoxy) is 3. The number of benzene rings is 3. The van der Waals surface area contributed by atoms with Gasteiger partial charge in [-0.2, -0.15) is 0 Å². The van der Waals surface area contributed by atoms with Crippen molar-refractivity contribution in [1.82, 2.24) is 9.47 Å². The predicted octanol–water partition coefficient (Wildman–Crippen LogP) is 6.26. The van der Waals surface area contributed by atoms with Gasteiger partial charge in [0, 0.05) is 53.9 Å². The molecule has 36 heavy (non-hydrogen) atoms. The molecule has 0 bridgehead atoms. The van der Waals surface area contributed by atoms with Crippen LogP contribution in [-0.2, 0) is 16.0 Å². The van der Waals surface area contributed by atoms with E-state index >= 15 is 0 Å². The fourth-order valence-electron chi connectivity index (χ4n) is 4.47. The first-order chi connectivity index (χ1) is 17.6. The maximum atomic E-state index is 12.4. The van der Waals surface area contributed by atoms with Crippen molar-refractivity contribution in [1.29, 1.82) is 0 Å². The summed E-state index contributed by atoms with van der Waals surface area (Å²) in [4.78, 5) is 14.9. The minimum Gasteiger partial charge on any atom is -0.462 e. The molecule has 0 radical (unpaired) electrons. The minimum atomic E-state index is -0.307. The Morgan fingerprint density at radius 2 is 1.64 bits per heavy atom. The van der Waals surface area contributed by atoms with Crippen molar-refractivity contribution in [3.05, 3.63) is 83.5 Å². The summed E-state index contributed by atoms with van der Waals surface area (Å²) in [6.07, 6.45) is 2.18. The standard InChI is InChI=1S/C29H29ClN2O4/c1-2-35-29(33)22-5-12-28-26(19-22)27(20-32(28)14-13-31-15-17-34-18-16-31)21-3-8-24(9-4-21)36-25-10-6-23(30)7-11-25/h3-12,19-20H,2,13-18H2,1H3. The molecular weight excluding hydrogens is 476 g/mol. The highest BCUT2D eigenvalue weighted by Gasteiger charge is 2.16. The summed E-state index contributed by atoms with van der Waals surface area (Å²) in [6.45, 7) is 7.43. The first-order valence-electron chi connectivity index (χ1n) is 12.2. The molecule has 5 rings (SSSR count). The molecule has 6 nitrogen and oxygen atoms in total. The molecule has 4 aromatic rings. The van der Waals surface area contributed by atoms with Crippen LogP contribution in [0, 0.1) is 0 Å². The van der Waals surface area contributed by atoms with E-state index in [2.05, 4.69) is 15.7 Å². The number of hydrogen-bond acceptors (Lipinski definition) is 5. The van der Waals surface area contributed by atoms with Crippen molar-refractivity contribution >= 4 is 28.5 Å². The molecule has 0 aliphatic carbocycles. The molecule has 1 saturated heterocycles. The Labute approximate surface area is 215 Å². The smallest absolute Gasteiger partial charge is 0.338 e. The average molecular weight is 505 g/mol. The van der Waals surface area contributed by atoms with Gasteiger partial charge in [0.05, 0.1) is 25.4 Å². The van der Waals surface area contributed by atoms with Crippen LogP contribution in [0.1, 0.15) is 17.3 Å². The van der Waals surface area contributed by atoms with Gasteiger partial charge in [0.25, 0.3) is 0 Å². The van der Waals surface area contributed by atoms with E-state index in [1.54, 1.807) is 12.1 Å². The fourth-order valence-corrected chi connectivity index (χ4v) is 4.59. The van der Waals surface area contributed by atoms with Crippen LogP contribution in [0.3, 0.4) is 0 Å². The minimum absolute atomic E-state index is 0.307. The molecule has 0 N–H and O–H groups in total. The fraction of sp³-hybridized carbons (Fsp3) is 0.276. The number of rotatable bonds is 8. The van der Waals surface area contributed by atoms with Crippen molar-refractivity contribution in [3.63, 3.8) is 0 Å². The van der Waals surface area contributed by atoms with Crippen LogP contribution in [0.2, 0.25) is 5.02 Å². The van der Waals surface area contributed by atoms with Crippen molar-refractivity contribution < 1.29 is 19.0 Å². The zero-order valence-corrected chi connectivity index (χ0v) is 21.0. The molecule has 1 aromatic heterocycles. The Bertz CT molecular complexity index is 1330. The lowest BCUT2D eigenvalue weighted by molar-refractivity contribution is 0.0365. The number of aromatic nitrogens is 1. The number of fused-ring (bicyclic) bond motifs is 1. The number of esters is 1. The lowest BCUT2D eigenvalue weighted by Crippen LogP contribution is -2.38. The lowest BCUT2D eigenvalue weighted by Gasteiger charge is -2.26. The topological polar surface area (TPSA) is 52.9 Å². The van der Waals surface area contributed by atoms with Gasteiger partial charge >= 0.3 is 5.97 Å². The highest BCUT2D eigenvalue weighted by molar-refractivity contribution is 6.30. The number of hydrogen-bond donors (Lipinski definition) is 0. The highest BCUT2D eigenvalue weighted by Crippen LogP contribution is 2.33. The van der Waals surface area contributed by atoms with E-state index in [0.29, 0.717) is 17.2 Å². The predicted molar refractivity (Wildman–Crippen MR) is 142 cm³/mol. The number of carbonyl (C=O) groups is 1. The second-order valence-corrected chi connectivity index (χ2v) is 9.16. The van der Waals surface area contributed by atoms with E-state index in [1.807, 2.05) is 61.5 Å². The van der Waals surface area contributed by atoms with E-state index in [-0.39, 0.29) is 5.97 Å². The second-order valence-electron chi connectivity index (χ2n) is 8.72. The van der Waals surface area contributed by atoms with Crippen LogP contribution in [-0.4, -0.2) is 54.9 Å². The van der Waals surface area contributed by atoms with E-state index in [4.69, 9.17) is 25.8 Å². The van der Waals surface area contributed by atoms with Crippen molar-refractivity contribution in [3.8, 4) is 22.6 Å². The molecular formula is C29H29ClN2O4. The summed E-state index contributed by atoms with van der Waals surface area (Å²) in [5.41, 5.74) is 3.76. The number of morpholine rings is 1. The molecule has 0 atom stereocenters. The molecule has 1 aliphatic rings. The first-order valence-corrected chi connectivity index (χ1v) is 12.6. The highest BCUT2D eigenvalue weighted by atomic mass is 35.5. The van der Waals surface area contributed by atoms with Gasteiger partial charge in [-0.25, -0.2) is 4.79 Å². The number of carbonyl (C=O) groups excluding carboxylic acids is 1. The van der Waals surface area contributed by atoms with Crippen molar-refractivity contribution in [2.75, 3.05) is 39.5 Å². The molecule has 2 heterocycles. The van der Waals surface area contributed by atoms with Crippen LogP contribution in [0.15, 0.2) is 72.9 Å². The molecule has 186 valence electrons. The molecule has 0 spiro atoms. The monoisotopic (exact) mass is 504 g/mol. The largest absolute Gasteiger partial charge is 0.462 e. The summed E-state index contributed by atoms with van der Waals surface area (Å²) in [5.74, 6) is 1.16. The van der Waals surface area contributed by atoms with Gasteiger partial charge in [0.1, 0.15) is 11.5 Å². The average Bonchev–Trinajstić information content (AvgIpc) is 3.28. The third-order valence-corrected chi connectivity index (χ3v) is 6.62. The molecule has 0 saturated carbocycles. The van der Waals surface area contributed by atoms with E-state index in [0.717, 1.165) is 72.9 Å². The van der Waals surface area contributed by atoms with E-state index in [1.165, 1.54) is 0 Å². The van der Waals surface area contributed by atoms with Gasteiger partial charge in [0.2, 0.25) is 0 Å². The number of halogens is 1. The van der Waals surface area contributed by atoms with Crippen LogP contribution < -0.4 is 4.74 Å². The SMILES string of the molecule is CCOC(=O)c1ccc2c(c1)c(-c1ccc(Oc3ccc(Cl)cc3)cc1)cn2CCN1CCOCC1. The van der Waals surface area contributed by atoms with Gasteiger partial charge < -0.3 is 18.8 Å². The summed E-state index contributed by atoms with van der Waals surface area (Å²) in [6, 6.07) is 21.1. The second kappa shape index (κ2) is 11.2. The number of nitrogens with zero attached hydrogens (tertiary/aromatic N) is 2. The van der Waals surface area contributed by atoms with Crippen LogP contribution in [0.25, 0.3) is 22.0 Å². The molecule has 1 aliphatic heterocycles. The van der Waals surface area contributed by atoms with E-state index in [9.17, 15) is 4.79 Å². The van der Waals surface area contributed by atoms with Gasteiger partial charge in [-0.05, 0) is 67.1 Å². The Morgan fingerprint density at radius 1 is 0.944 bits per heavy atom. The quantitative estimate of drug-likeness (QED) is 0.265. The third-order valence-electron chi connectivity index (χ3n) is 6.37. The Balaban J connectivity index is 1.44. The molecule has 0 unspecified atom stereocenters. The van der Waals surface area contributed by atoms with Gasteiger partial charge in [-0.15, -0.1) is 0 Å². The van der Waals surface area contributed by atoms with Crippen LogP contribution in [0.4, 0.5) is 0 Å². The maximum absolute atomic E-state index is 12.4. The van der Waals surface area contributed by atoms with Gasteiger partial charge in [0.15, 0.2) is 0 Å². The van der Waals surface area contributed by atoms with Gasteiger partial charge in [-0.3, -0.25) is 4.90 Å². The summed E-state index contributed by atoms with van der Waals surface area (Å²) < 4.78 is 19.0. The zero-order chi connectivity index (χ0) is 24.9. The van der Waals surface area contributed by atoms with Crippen LogP contribution in [0.5, 0.6) is 11.5 Å². The molecule has 0 amide bonds. The first kappa shape index (κ1) is 24.4. The molecule has 7 heteroatoms. The normalized spacial score (nSPS) is 14.2. The van der Waals surface area contributed by atoms with Gasteiger partial charge in [-0.1, -0.05) is 23.7 Å². The zero-order valence-electron chi connectivity index (χ0n) is 20.3. The Kier molecular flexibility index (Phi) is 7.56. The summed E-state index contributed by atoms with van der Waals surface area (Å²) in [5, 5.41) is 1.69.